The molecule has 0 aromatic heterocycles. The van der Waals surface area contributed by atoms with Crippen molar-refractivity contribution in [2.45, 2.75) is 125 Å². The molecule has 0 saturated carbocycles. The first-order valence-corrected chi connectivity index (χ1v) is 14.7. The van der Waals surface area contributed by atoms with E-state index < -0.39 is 11.9 Å². The molecule has 2 aliphatic rings. The van der Waals surface area contributed by atoms with Gasteiger partial charge in [0.15, 0.2) is 0 Å². The molecule has 0 amide bonds. The molecule has 8 nitrogen and oxygen atoms in total. The lowest BCUT2D eigenvalue weighted by atomic mass is 9.80. The Morgan fingerprint density at radius 2 is 1.18 bits per heavy atom. The Morgan fingerprint density at radius 1 is 0.773 bits per heavy atom. The molecule has 2 heterocycles. The number of aromatic hydroxyl groups is 1. The smallest absolute Gasteiger partial charge is 0.303 e. The predicted molar refractivity (Wildman–Crippen MR) is 184 cm³/mol. The van der Waals surface area contributed by atoms with Gasteiger partial charge in [-0.05, 0) is 88.5 Å². The standard InChI is InChI=1S/C17H25NO3.C16H23NO3.3CH4/c1-12-11-17(2,3)18(9-5-6-16(19)20)15-10-13(21-4)7-8-14(12)15;1-11-10-16(2,3)17(8-4-5-15(19)20)14-9-12(18)6-7-13(11)14;;;/h7-8,10,12H,5-6,9,11H2,1-4H3,(H,19,20);6-7,9,11,18H,4-5,8,10H2,1-3H3,(H,19,20);3*1H4. The number of aliphatic carboxylic acids is 2. The molecular weight excluding hydrogens is 556 g/mol. The summed E-state index contributed by atoms with van der Waals surface area (Å²) >= 11 is 0. The summed E-state index contributed by atoms with van der Waals surface area (Å²) in [6.07, 6.45) is 3.75. The Labute approximate surface area is 267 Å². The topological polar surface area (TPSA) is 111 Å². The Morgan fingerprint density at radius 3 is 1.59 bits per heavy atom. The summed E-state index contributed by atoms with van der Waals surface area (Å²) in [5.41, 5.74) is 4.78. The molecule has 0 spiro atoms. The van der Waals surface area contributed by atoms with Crippen molar-refractivity contribution in [1.82, 2.24) is 0 Å². The maximum Gasteiger partial charge on any atom is 0.303 e. The highest BCUT2D eigenvalue weighted by molar-refractivity contribution is 5.68. The first kappa shape index (κ1) is 40.6. The van der Waals surface area contributed by atoms with Gasteiger partial charge < -0.3 is 29.9 Å². The summed E-state index contributed by atoms with van der Waals surface area (Å²) in [4.78, 5) is 26.0. The third-order valence-electron chi connectivity index (χ3n) is 8.51. The predicted octanol–water partition coefficient (Wildman–Crippen LogP) is 8.91. The van der Waals surface area contributed by atoms with Crippen LogP contribution in [-0.2, 0) is 9.59 Å². The Hall–Kier alpha value is -3.42. The average molecular weight is 617 g/mol. The first-order chi connectivity index (χ1) is 19.2. The van der Waals surface area contributed by atoms with E-state index in [2.05, 4.69) is 63.5 Å². The van der Waals surface area contributed by atoms with Crippen LogP contribution in [0.15, 0.2) is 36.4 Å². The van der Waals surface area contributed by atoms with Crippen molar-refractivity contribution in [3.8, 4) is 11.5 Å². The number of nitrogens with zero attached hydrogens (tertiary/aromatic N) is 2. The van der Waals surface area contributed by atoms with Crippen LogP contribution in [0.5, 0.6) is 11.5 Å². The Balaban J connectivity index is 0.000000788. The molecule has 44 heavy (non-hydrogen) atoms. The SMILES string of the molecule is C.C.C.CC1CC(C)(C)N(CCCC(=O)O)c2cc(O)ccc21.COc1ccc2c(c1)N(CCCC(=O)O)C(C)(C)CC2C. The van der Waals surface area contributed by atoms with Crippen molar-refractivity contribution < 1.29 is 29.6 Å². The maximum atomic E-state index is 10.8. The molecule has 0 radical (unpaired) electrons. The number of rotatable bonds is 9. The monoisotopic (exact) mass is 616 g/mol. The fourth-order valence-electron chi connectivity index (χ4n) is 6.70. The van der Waals surface area contributed by atoms with Crippen molar-refractivity contribution in [3.05, 3.63) is 47.5 Å². The molecular formula is C36H60N2O6. The first-order valence-electron chi connectivity index (χ1n) is 14.7. The number of anilines is 2. The van der Waals surface area contributed by atoms with Gasteiger partial charge >= 0.3 is 11.9 Å². The lowest BCUT2D eigenvalue weighted by molar-refractivity contribution is -0.138. The minimum atomic E-state index is -0.760. The van der Waals surface area contributed by atoms with Gasteiger partial charge in [-0.25, -0.2) is 0 Å². The minimum absolute atomic E-state index is 0. The lowest BCUT2D eigenvalue weighted by Gasteiger charge is -2.47. The van der Waals surface area contributed by atoms with E-state index in [9.17, 15) is 14.7 Å². The van der Waals surface area contributed by atoms with Gasteiger partial charge in [0.1, 0.15) is 11.5 Å². The van der Waals surface area contributed by atoms with E-state index >= 15 is 0 Å². The van der Waals surface area contributed by atoms with Crippen molar-refractivity contribution in [1.29, 1.82) is 0 Å². The number of benzene rings is 2. The van der Waals surface area contributed by atoms with E-state index in [4.69, 9.17) is 14.9 Å². The summed E-state index contributed by atoms with van der Waals surface area (Å²) in [6, 6.07) is 11.7. The third kappa shape index (κ3) is 9.80. The van der Waals surface area contributed by atoms with Crippen LogP contribution >= 0.6 is 0 Å². The van der Waals surface area contributed by atoms with Crippen molar-refractivity contribution in [3.63, 3.8) is 0 Å². The number of phenols is 1. The molecule has 8 heteroatoms. The molecule has 4 rings (SSSR count). The Kier molecular flexibility index (Phi) is 15.3. The van der Waals surface area contributed by atoms with Crippen LogP contribution in [-0.4, -0.2) is 58.5 Å². The molecule has 2 aliphatic heterocycles. The molecule has 2 aromatic rings. The van der Waals surface area contributed by atoms with Gasteiger partial charge in [0.05, 0.1) is 7.11 Å². The van der Waals surface area contributed by atoms with E-state index in [1.165, 1.54) is 16.8 Å². The van der Waals surface area contributed by atoms with E-state index in [0.717, 1.165) is 30.8 Å². The van der Waals surface area contributed by atoms with Crippen LogP contribution in [0.4, 0.5) is 11.4 Å². The second-order valence-corrected chi connectivity index (χ2v) is 12.8. The van der Waals surface area contributed by atoms with Gasteiger partial charge in [-0.15, -0.1) is 0 Å². The van der Waals surface area contributed by atoms with Crippen LogP contribution in [0.1, 0.15) is 125 Å². The third-order valence-corrected chi connectivity index (χ3v) is 8.51. The molecule has 0 fully saturated rings. The second kappa shape index (κ2) is 16.6. The van der Waals surface area contributed by atoms with E-state index in [1.807, 2.05) is 12.1 Å². The lowest BCUT2D eigenvalue weighted by Crippen LogP contribution is -2.48. The quantitative estimate of drug-likeness (QED) is 0.256. The molecule has 2 aromatic carbocycles. The van der Waals surface area contributed by atoms with E-state index in [0.29, 0.717) is 31.2 Å². The van der Waals surface area contributed by atoms with Gasteiger partial charge in [0.2, 0.25) is 0 Å². The van der Waals surface area contributed by atoms with Crippen LogP contribution in [0.3, 0.4) is 0 Å². The molecule has 0 saturated heterocycles. The average Bonchev–Trinajstić information content (AvgIpc) is 2.86. The van der Waals surface area contributed by atoms with Crippen LogP contribution in [0, 0.1) is 0 Å². The zero-order valence-corrected chi connectivity index (χ0v) is 25.7. The van der Waals surface area contributed by atoms with Crippen LogP contribution in [0.2, 0.25) is 0 Å². The highest BCUT2D eigenvalue weighted by Crippen LogP contribution is 2.45. The molecule has 0 aliphatic carbocycles. The number of hydrogen-bond acceptors (Lipinski definition) is 6. The van der Waals surface area contributed by atoms with Crippen molar-refractivity contribution in [2.24, 2.45) is 0 Å². The van der Waals surface area contributed by atoms with E-state index in [1.54, 1.807) is 19.2 Å². The zero-order chi connectivity index (χ0) is 30.5. The number of ether oxygens (including phenoxy) is 1. The zero-order valence-electron chi connectivity index (χ0n) is 25.7. The van der Waals surface area contributed by atoms with Gasteiger partial charge in [-0.3, -0.25) is 9.59 Å². The fraction of sp³-hybridized carbons (Fsp3) is 0.611. The largest absolute Gasteiger partial charge is 0.508 e. The highest BCUT2D eigenvalue weighted by Gasteiger charge is 2.37. The highest BCUT2D eigenvalue weighted by atomic mass is 16.5. The molecule has 2 unspecified atom stereocenters. The minimum Gasteiger partial charge on any atom is -0.508 e. The number of methoxy groups -OCH3 is 1. The number of fused-ring (bicyclic) bond motifs is 2. The van der Waals surface area contributed by atoms with E-state index in [-0.39, 0.29) is 51.9 Å². The normalized spacial score (nSPS) is 18.9. The second-order valence-electron chi connectivity index (χ2n) is 12.8. The van der Waals surface area contributed by atoms with Gasteiger partial charge in [0, 0.05) is 60.5 Å². The number of phenolic OH excluding ortho intramolecular Hbond substituents is 1. The fourth-order valence-corrected chi connectivity index (χ4v) is 6.70. The van der Waals surface area contributed by atoms with Gasteiger partial charge in [-0.1, -0.05) is 48.3 Å². The van der Waals surface area contributed by atoms with Crippen LogP contribution in [0.25, 0.3) is 0 Å². The number of carboxylic acids is 2. The summed E-state index contributed by atoms with van der Waals surface area (Å²) in [7, 11) is 1.67. The Bertz CT molecular complexity index is 1230. The molecule has 3 N–H and O–H groups in total. The number of carbonyl (C=O) groups is 2. The summed E-state index contributed by atoms with van der Waals surface area (Å²) in [6.45, 7) is 14.7. The van der Waals surface area contributed by atoms with Gasteiger partial charge in [-0.2, -0.15) is 0 Å². The van der Waals surface area contributed by atoms with Crippen molar-refractivity contribution >= 4 is 23.3 Å². The summed E-state index contributed by atoms with van der Waals surface area (Å²) in [5.74, 6) is 0.556. The van der Waals surface area contributed by atoms with Crippen molar-refractivity contribution in [2.75, 3.05) is 30.0 Å². The molecule has 250 valence electrons. The summed E-state index contributed by atoms with van der Waals surface area (Å²) < 4.78 is 5.35. The molecule has 0 bridgehead atoms. The summed E-state index contributed by atoms with van der Waals surface area (Å²) in [5, 5.41) is 27.4. The maximum absolute atomic E-state index is 10.8. The van der Waals surface area contributed by atoms with Crippen LogP contribution < -0.4 is 14.5 Å². The number of hydrogen-bond donors (Lipinski definition) is 3. The number of carboxylic acid groups (broad SMARTS) is 2. The molecule has 2 atom stereocenters. The van der Waals surface area contributed by atoms with Gasteiger partial charge in [0.25, 0.3) is 0 Å².